The SMILES string of the molecule is COC(=O)C1=C(C(=O)OC)N(c2cc(C(F)(F)F)ccc2Oc2ccsc2C(=O)OC)C(N)=C(C#N)C1c1ccccc1. The Bertz CT molecular complexity index is 1690. The van der Waals surface area contributed by atoms with Crippen LogP contribution in [0.1, 0.15) is 26.7 Å². The van der Waals surface area contributed by atoms with E-state index < -0.39 is 58.3 Å². The standard InChI is InChI=1S/C29H22F3N3O7S/c1-39-26(36)22-21(15-7-5-4-6-8-15)17(14-33)25(34)35(23(22)27(37)40-2)18-13-16(29(30,31)32)9-10-19(18)42-20-11-12-43-24(20)28(38)41-3/h4-13,21H,34H2,1-3H3. The van der Waals surface area contributed by atoms with Crippen LogP contribution < -0.4 is 15.4 Å². The maximum atomic E-state index is 14.0. The molecule has 222 valence electrons. The van der Waals surface area contributed by atoms with Gasteiger partial charge in [-0.15, -0.1) is 11.3 Å². The Morgan fingerprint density at radius 1 is 0.930 bits per heavy atom. The summed E-state index contributed by atoms with van der Waals surface area (Å²) in [5, 5.41) is 11.7. The van der Waals surface area contributed by atoms with Crippen molar-refractivity contribution < 1.29 is 46.5 Å². The summed E-state index contributed by atoms with van der Waals surface area (Å²) in [6.45, 7) is 0. The minimum absolute atomic E-state index is 0.00338. The van der Waals surface area contributed by atoms with Crippen molar-refractivity contribution in [2.24, 2.45) is 5.73 Å². The van der Waals surface area contributed by atoms with Crippen molar-refractivity contribution in [2.45, 2.75) is 12.1 Å². The number of carbonyl (C=O) groups is 3. The largest absolute Gasteiger partial charge is 0.466 e. The highest BCUT2D eigenvalue weighted by atomic mass is 32.1. The van der Waals surface area contributed by atoms with E-state index in [0.717, 1.165) is 43.6 Å². The lowest BCUT2D eigenvalue weighted by atomic mass is 9.81. The predicted molar refractivity (Wildman–Crippen MR) is 147 cm³/mol. The summed E-state index contributed by atoms with van der Waals surface area (Å²) in [5.41, 5.74) is 3.87. The van der Waals surface area contributed by atoms with Crippen molar-refractivity contribution in [3.8, 4) is 17.6 Å². The van der Waals surface area contributed by atoms with Crippen LogP contribution in [-0.2, 0) is 30.0 Å². The number of hydrogen-bond donors (Lipinski definition) is 1. The number of nitrogens with two attached hydrogens (primary N) is 1. The summed E-state index contributed by atoms with van der Waals surface area (Å²) in [7, 11) is 3.17. The number of allylic oxidation sites excluding steroid dienone is 1. The first kappa shape index (κ1) is 30.7. The van der Waals surface area contributed by atoms with Gasteiger partial charge in [0.25, 0.3) is 0 Å². The highest BCUT2D eigenvalue weighted by Gasteiger charge is 2.44. The van der Waals surface area contributed by atoms with Crippen LogP contribution in [0.4, 0.5) is 18.9 Å². The molecule has 1 atom stereocenters. The van der Waals surface area contributed by atoms with E-state index in [0.29, 0.717) is 17.7 Å². The summed E-state index contributed by atoms with van der Waals surface area (Å²) in [4.78, 5) is 39.7. The number of esters is 3. The minimum Gasteiger partial charge on any atom is -0.466 e. The number of benzene rings is 2. The number of hydrogen-bond acceptors (Lipinski definition) is 11. The van der Waals surface area contributed by atoms with E-state index in [-0.39, 0.29) is 21.9 Å². The van der Waals surface area contributed by atoms with Gasteiger partial charge < -0.3 is 24.7 Å². The van der Waals surface area contributed by atoms with E-state index >= 15 is 0 Å². The number of halogens is 3. The minimum atomic E-state index is -4.87. The number of thiophene rings is 1. The molecule has 0 saturated heterocycles. The van der Waals surface area contributed by atoms with Gasteiger partial charge in [-0.1, -0.05) is 30.3 Å². The molecule has 1 aliphatic heterocycles. The summed E-state index contributed by atoms with van der Waals surface area (Å²) in [6, 6.07) is 13.7. The van der Waals surface area contributed by atoms with E-state index in [4.69, 9.17) is 24.7 Å². The lowest BCUT2D eigenvalue weighted by molar-refractivity contribution is -0.139. The van der Waals surface area contributed by atoms with Gasteiger partial charge >= 0.3 is 24.1 Å². The molecule has 1 aliphatic rings. The Morgan fingerprint density at radius 2 is 1.58 bits per heavy atom. The number of ether oxygens (including phenoxy) is 4. The van der Waals surface area contributed by atoms with E-state index in [2.05, 4.69) is 0 Å². The zero-order valence-electron chi connectivity index (χ0n) is 22.7. The van der Waals surface area contributed by atoms with Crippen LogP contribution in [-0.4, -0.2) is 39.2 Å². The molecular weight excluding hydrogens is 591 g/mol. The molecule has 0 saturated carbocycles. The third-order valence-corrected chi connectivity index (χ3v) is 7.23. The van der Waals surface area contributed by atoms with E-state index in [9.17, 15) is 32.8 Å². The first-order valence-electron chi connectivity index (χ1n) is 12.2. The van der Waals surface area contributed by atoms with Crippen LogP contribution in [0.15, 0.2) is 82.6 Å². The fourth-order valence-corrected chi connectivity index (χ4v) is 5.19. The molecule has 0 fully saturated rings. The zero-order chi connectivity index (χ0) is 31.5. The lowest BCUT2D eigenvalue weighted by Gasteiger charge is -2.36. The Labute approximate surface area is 246 Å². The summed E-state index contributed by atoms with van der Waals surface area (Å²) in [5.74, 6) is -5.13. The quantitative estimate of drug-likeness (QED) is 0.278. The topological polar surface area (TPSA) is 141 Å². The zero-order valence-corrected chi connectivity index (χ0v) is 23.5. The van der Waals surface area contributed by atoms with Gasteiger partial charge in [-0.3, -0.25) is 4.90 Å². The van der Waals surface area contributed by atoms with Crippen molar-refractivity contribution in [3.63, 3.8) is 0 Å². The molecule has 1 aromatic heterocycles. The maximum absolute atomic E-state index is 14.0. The van der Waals surface area contributed by atoms with Crippen LogP contribution in [0.2, 0.25) is 0 Å². The Morgan fingerprint density at radius 3 is 2.16 bits per heavy atom. The maximum Gasteiger partial charge on any atom is 0.416 e. The van der Waals surface area contributed by atoms with Gasteiger partial charge in [0.15, 0.2) is 16.4 Å². The van der Waals surface area contributed by atoms with Gasteiger partial charge in [0.2, 0.25) is 0 Å². The Balaban J connectivity index is 2.09. The van der Waals surface area contributed by atoms with Gasteiger partial charge in [-0.05, 0) is 35.2 Å². The summed E-state index contributed by atoms with van der Waals surface area (Å²) >= 11 is 0.954. The molecule has 14 heteroatoms. The fourth-order valence-electron chi connectivity index (χ4n) is 4.46. The molecule has 0 spiro atoms. The number of nitriles is 1. The van der Waals surface area contributed by atoms with Crippen LogP contribution >= 0.6 is 11.3 Å². The second-order valence-electron chi connectivity index (χ2n) is 8.72. The molecule has 0 aliphatic carbocycles. The fraction of sp³-hybridized carbons (Fsp3) is 0.172. The predicted octanol–water partition coefficient (Wildman–Crippen LogP) is 5.24. The molecule has 0 bridgehead atoms. The molecule has 2 aromatic carbocycles. The van der Waals surface area contributed by atoms with Gasteiger partial charge in [0.05, 0.1) is 55.7 Å². The average molecular weight is 614 g/mol. The highest BCUT2D eigenvalue weighted by molar-refractivity contribution is 7.12. The van der Waals surface area contributed by atoms with E-state index in [1.807, 2.05) is 6.07 Å². The Kier molecular flexibility index (Phi) is 8.77. The second kappa shape index (κ2) is 12.3. The first-order chi connectivity index (χ1) is 20.5. The molecule has 3 aromatic rings. The van der Waals surface area contributed by atoms with E-state index in [1.165, 1.54) is 11.4 Å². The van der Waals surface area contributed by atoms with E-state index in [1.54, 1.807) is 30.3 Å². The van der Waals surface area contributed by atoms with Crippen molar-refractivity contribution in [2.75, 3.05) is 26.2 Å². The molecule has 0 amide bonds. The molecule has 43 heavy (non-hydrogen) atoms. The molecular formula is C29H22F3N3O7S. The second-order valence-corrected chi connectivity index (χ2v) is 9.64. The first-order valence-corrected chi connectivity index (χ1v) is 13.1. The average Bonchev–Trinajstić information content (AvgIpc) is 3.47. The molecule has 2 N–H and O–H groups in total. The summed E-state index contributed by atoms with van der Waals surface area (Å²) < 4.78 is 62.5. The van der Waals surface area contributed by atoms with Crippen LogP contribution in [0.3, 0.4) is 0 Å². The van der Waals surface area contributed by atoms with Crippen LogP contribution in [0, 0.1) is 11.3 Å². The number of alkyl halides is 3. The van der Waals surface area contributed by atoms with Crippen LogP contribution in [0.5, 0.6) is 11.5 Å². The number of nitrogens with zero attached hydrogens (tertiary/aromatic N) is 2. The number of methoxy groups -OCH3 is 3. The summed E-state index contributed by atoms with van der Waals surface area (Å²) in [6.07, 6.45) is -4.87. The van der Waals surface area contributed by atoms with Crippen molar-refractivity contribution >= 4 is 34.9 Å². The number of rotatable bonds is 7. The Hall–Kier alpha value is -5.29. The van der Waals surface area contributed by atoms with Gasteiger partial charge in [0, 0.05) is 0 Å². The molecule has 2 heterocycles. The lowest BCUT2D eigenvalue weighted by Crippen LogP contribution is -2.41. The molecule has 0 radical (unpaired) electrons. The number of anilines is 1. The van der Waals surface area contributed by atoms with Gasteiger partial charge in [-0.25, -0.2) is 14.4 Å². The number of carbonyl (C=O) groups excluding carboxylic acids is 3. The molecule has 10 nitrogen and oxygen atoms in total. The van der Waals surface area contributed by atoms with Crippen molar-refractivity contribution in [1.82, 2.24) is 0 Å². The smallest absolute Gasteiger partial charge is 0.416 e. The molecule has 4 rings (SSSR count). The van der Waals surface area contributed by atoms with Gasteiger partial charge in [-0.2, -0.15) is 18.4 Å². The van der Waals surface area contributed by atoms with Crippen molar-refractivity contribution in [3.05, 3.63) is 98.6 Å². The van der Waals surface area contributed by atoms with Crippen molar-refractivity contribution in [1.29, 1.82) is 5.26 Å². The van der Waals surface area contributed by atoms with Gasteiger partial charge in [0.1, 0.15) is 11.5 Å². The third kappa shape index (κ3) is 5.75. The highest BCUT2D eigenvalue weighted by Crippen LogP contribution is 2.47. The monoisotopic (exact) mass is 613 g/mol. The van der Waals surface area contributed by atoms with Crippen LogP contribution in [0.25, 0.3) is 0 Å². The normalized spacial score (nSPS) is 15.1. The molecule has 1 unspecified atom stereocenters. The third-order valence-electron chi connectivity index (χ3n) is 6.36.